The van der Waals surface area contributed by atoms with Gasteiger partial charge in [0, 0.05) is 11.6 Å². The fourth-order valence-corrected chi connectivity index (χ4v) is 2.39. The second-order valence-corrected chi connectivity index (χ2v) is 6.16. The second-order valence-electron chi connectivity index (χ2n) is 5.35. The SMILES string of the molecule is CC[C@H](C)NC(=O)NC(=O)C[NH2+][C@@H](C)c1cc(F)c(Cl)cc1Cl. The summed E-state index contributed by atoms with van der Waals surface area (Å²) in [4.78, 5) is 23.3. The van der Waals surface area contributed by atoms with Gasteiger partial charge in [-0.1, -0.05) is 30.1 Å². The van der Waals surface area contributed by atoms with Gasteiger partial charge in [-0.05, 0) is 32.4 Å². The Hall–Kier alpha value is -1.37. The average Bonchev–Trinajstić information content (AvgIpc) is 2.48. The number of hydrogen-bond donors (Lipinski definition) is 3. The van der Waals surface area contributed by atoms with Crippen LogP contribution in [0, 0.1) is 5.82 Å². The van der Waals surface area contributed by atoms with Crippen molar-refractivity contribution in [1.82, 2.24) is 10.6 Å². The molecule has 1 aromatic rings. The van der Waals surface area contributed by atoms with Crippen LogP contribution in [0.2, 0.25) is 10.0 Å². The molecule has 0 aliphatic carbocycles. The first-order valence-corrected chi connectivity index (χ1v) is 8.08. The molecule has 0 aliphatic heterocycles. The first kappa shape index (κ1) is 19.7. The van der Waals surface area contributed by atoms with E-state index in [1.807, 2.05) is 13.8 Å². The van der Waals surface area contributed by atoms with Crippen molar-refractivity contribution >= 4 is 35.1 Å². The molecule has 0 saturated carbocycles. The number of halogens is 3. The Labute approximate surface area is 144 Å². The largest absolute Gasteiger partial charge is 0.335 e. The molecule has 0 aromatic heterocycles. The van der Waals surface area contributed by atoms with Gasteiger partial charge >= 0.3 is 6.03 Å². The Balaban J connectivity index is 2.53. The molecule has 2 atom stereocenters. The summed E-state index contributed by atoms with van der Waals surface area (Å²) >= 11 is 11.7. The highest BCUT2D eigenvalue weighted by molar-refractivity contribution is 6.35. The molecule has 1 aromatic carbocycles. The minimum Gasteiger partial charge on any atom is -0.335 e. The van der Waals surface area contributed by atoms with Crippen LogP contribution in [0.15, 0.2) is 12.1 Å². The third kappa shape index (κ3) is 6.33. The predicted molar refractivity (Wildman–Crippen MR) is 88.1 cm³/mol. The van der Waals surface area contributed by atoms with Crippen LogP contribution in [-0.4, -0.2) is 24.5 Å². The number of carbonyl (C=O) groups excluding carboxylic acids is 2. The van der Waals surface area contributed by atoms with Crippen LogP contribution < -0.4 is 16.0 Å². The maximum Gasteiger partial charge on any atom is 0.321 e. The van der Waals surface area contributed by atoms with E-state index in [1.54, 1.807) is 12.2 Å². The van der Waals surface area contributed by atoms with Gasteiger partial charge in [0.05, 0.1) is 10.0 Å². The van der Waals surface area contributed by atoms with Crippen LogP contribution in [-0.2, 0) is 4.79 Å². The maximum absolute atomic E-state index is 13.5. The number of nitrogens with two attached hydrogens (primary N) is 1. The number of carbonyl (C=O) groups is 2. The van der Waals surface area contributed by atoms with E-state index in [0.717, 1.165) is 6.42 Å². The summed E-state index contributed by atoms with van der Waals surface area (Å²) in [6.07, 6.45) is 0.769. The molecule has 0 heterocycles. The number of hydrogen-bond acceptors (Lipinski definition) is 2. The molecule has 128 valence electrons. The molecule has 4 N–H and O–H groups in total. The van der Waals surface area contributed by atoms with Gasteiger partial charge in [-0.25, -0.2) is 9.18 Å². The highest BCUT2D eigenvalue weighted by Crippen LogP contribution is 2.27. The highest BCUT2D eigenvalue weighted by atomic mass is 35.5. The molecule has 0 radical (unpaired) electrons. The van der Waals surface area contributed by atoms with Crippen LogP contribution >= 0.6 is 23.2 Å². The normalized spacial score (nSPS) is 13.3. The van der Waals surface area contributed by atoms with Gasteiger partial charge in [0.2, 0.25) is 0 Å². The molecule has 0 aliphatic rings. The van der Waals surface area contributed by atoms with Crippen molar-refractivity contribution in [3.63, 3.8) is 0 Å². The lowest BCUT2D eigenvalue weighted by molar-refractivity contribution is -0.682. The molecule has 0 saturated heterocycles. The van der Waals surface area contributed by atoms with E-state index in [9.17, 15) is 14.0 Å². The zero-order valence-electron chi connectivity index (χ0n) is 13.3. The Bertz CT molecular complexity index is 584. The fourth-order valence-electron chi connectivity index (χ4n) is 1.84. The van der Waals surface area contributed by atoms with Gasteiger partial charge in [0.25, 0.3) is 5.91 Å². The molecule has 1 rings (SSSR count). The number of imide groups is 1. The average molecular weight is 365 g/mol. The molecule has 0 bridgehead atoms. The first-order valence-electron chi connectivity index (χ1n) is 7.32. The Morgan fingerprint density at radius 1 is 1.26 bits per heavy atom. The quantitative estimate of drug-likeness (QED) is 0.677. The summed E-state index contributed by atoms with van der Waals surface area (Å²) < 4.78 is 13.5. The Morgan fingerprint density at radius 2 is 1.91 bits per heavy atom. The van der Waals surface area contributed by atoms with Crippen LogP contribution in [0.3, 0.4) is 0 Å². The number of benzene rings is 1. The third-order valence-corrected chi connectivity index (χ3v) is 4.05. The number of quaternary nitrogens is 1. The summed E-state index contributed by atoms with van der Waals surface area (Å²) in [7, 11) is 0. The fraction of sp³-hybridized carbons (Fsp3) is 0.467. The number of amides is 3. The van der Waals surface area contributed by atoms with E-state index in [-0.39, 0.29) is 23.7 Å². The number of rotatable bonds is 6. The monoisotopic (exact) mass is 364 g/mol. The van der Waals surface area contributed by atoms with E-state index < -0.39 is 17.8 Å². The van der Waals surface area contributed by atoms with Gasteiger partial charge in [-0.2, -0.15) is 0 Å². The van der Waals surface area contributed by atoms with Crippen molar-refractivity contribution in [3.8, 4) is 0 Å². The molecule has 23 heavy (non-hydrogen) atoms. The molecule has 3 amide bonds. The molecule has 8 heteroatoms. The van der Waals surface area contributed by atoms with Crippen LogP contribution in [0.5, 0.6) is 0 Å². The van der Waals surface area contributed by atoms with Crippen molar-refractivity contribution in [2.75, 3.05) is 6.54 Å². The van der Waals surface area contributed by atoms with E-state index in [4.69, 9.17) is 23.2 Å². The van der Waals surface area contributed by atoms with Gasteiger partial charge in [-0.15, -0.1) is 0 Å². The van der Waals surface area contributed by atoms with Crippen molar-refractivity contribution < 1.29 is 19.3 Å². The summed E-state index contributed by atoms with van der Waals surface area (Å²) in [5.41, 5.74) is 0.533. The minimum atomic E-state index is -0.566. The zero-order valence-corrected chi connectivity index (χ0v) is 14.8. The number of nitrogens with one attached hydrogen (secondary N) is 2. The van der Waals surface area contributed by atoms with Crippen molar-refractivity contribution in [1.29, 1.82) is 0 Å². The Kier molecular flexibility index (Phi) is 7.75. The van der Waals surface area contributed by atoms with E-state index in [1.165, 1.54) is 12.1 Å². The van der Waals surface area contributed by atoms with Gasteiger partial charge in [0.15, 0.2) is 6.54 Å². The molecule has 0 fully saturated rings. The van der Waals surface area contributed by atoms with Crippen LogP contribution in [0.4, 0.5) is 9.18 Å². The zero-order chi connectivity index (χ0) is 17.6. The minimum absolute atomic E-state index is 0.00959. The van der Waals surface area contributed by atoms with Crippen molar-refractivity contribution in [3.05, 3.63) is 33.6 Å². The summed E-state index contributed by atoms with van der Waals surface area (Å²) in [6, 6.07) is 1.78. The molecular formula is C15H21Cl2FN3O2+. The number of urea groups is 1. The van der Waals surface area contributed by atoms with Crippen molar-refractivity contribution in [2.45, 2.75) is 39.3 Å². The third-order valence-electron chi connectivity index (χ3n) is 3.43. The topological polar surface area (TPSA) is 74.8 Å². The summed E-state index contributed by atoms with van der Waals surface area (Å²) in [5.74, 6) is -1.01. The molecule has 0 spiro atoms. The molecule has 5 nitrogen and oxygen atoms in total. The molecule has 0 unspecified atom stereocenters. The summed E-state index contributed by atoms with van der Waals surface area (Å²) in [6.45, 7) is 5.56. The lowest BCUT2D eigenvalue weighted by Crippen LogP contribution is -2.87. The Morgan fingerprint density at radius 3 is 2.52 bits per heavy atom. The first-order chi connectivity index (χ1) is 10.7. The van der Waals surface area contributed by atoms with Crippen LogP contribution in [0.25, 0.3) is 0 Å². The van der Waals surface area contributed by atoms with Gasteiger partial charge in [0.1, 0.15) is 11.9 Å². The molecular weight excluding hydrogens is 344 g/mol. The summed E-state index contributed by atoms with van der Waals surface area (Å²) in [5, 5.41) is 6.80. The van der Waals surface area contributed by atoms with E-state index in [0.29, 0.717) is 10.6 Å². The lowest BCUT2D eigenvalue weighted by atomic mass is 10.1. The van der Waals surface area contributed by atoms with Gasteiger partial charge in [-0.3, -0.25) is 10.1 Å². The smallest absolute Gasteiger partial charge is 0.321 e. The van der Waals surface area contributed by atoms with E-state index in [2.05, 4.69) is 10.6 Å². The lowest BCUT2D eigenvalue weighted by Gasteiger charge is -2.14. The van der Waals surface area contributed by atoms with E-state index >= 15 is 0 Å². The maximum atomic E-state index is 13.5. The van der Waals surface area contributed by atoms with Gasteiger partial charge < -0.3 is 10.6 Å². The standard InChI is InChI=1S/C15H20Cl2FN3O2/c1-4-8(2)20-15(23)21-14(22)7-19-9(3)10-5-13(18)12(17)6-11(10)16/h5-6,8-9,19H,4,7H2,1-3H3,(H2,20,21,22,23)/p+1/t8-,9-/m0/s1. The van der Waals surface area contributed by atoms with Crippen molar-refractivity contribution in [2.24, 2.45) is 0 Å². The van der Waals surface area contributed by atoms with Crippen LogP contribution in [0.1, 0.15) is 38.8 Å². The predicted octanol–water partition coefficient (Wildman–Crippen LogP) is 2.38. The second kappa shape index (κ2) is 9.05. The highest BCUT2D eigenvalue weighted by Gasteiger charge is 2.18.